The molecule has 2 N–H and O–H groups in total. The Morgan fingerprint density at radius 3 is 2.49 bits per heavy atom. The van der Waals surface area contributed by atoms with Crippen molar-refractivity contribution < 1.29 is 26.9 Å². The van der Waals surface area contributed by atoms with E-state index >= 15 is 0 Å². The van der Waals surface area contributed by atoms with E-state index in [4.69, 9.17) is 4.74 Å². The zero-order valence-corrected chi connectivity index (χ0v) is 26.0. The van der Waals surface area contributed by atoms with Crippen LogP contribution in [0.2, 0.25) is 0 Å². The van der Waals surface area contributed by atoms with Gasteiger partial charge in [-0.05, 0) is 74.4 Å². The lowest BCUT2D eigenvalue weighted by atomic mass is 10.0. The number of halogens is 4. The molecule has 5 nitrogen and oxygen atoms in total. The molecule has 0 spiro atoms. The van der Waals surface area contributed by atoms with E-state index in [1.165, 1.54) is 11.3 Å². The molecule has 6 rings (SSSR count). The molecule has 2 aliphatic carbocycles. The number of hydrogen-bond acceptors (Lipinski definition) is 6. The molecular formula is C32H36F4N3O2PS. The summed E-state index contributed by atoms with van der Waals surface area (Å²) in [5.74, 6) is 6.54. The van der Waals surface area contributed by atoms with Gasteiger partial charge in [-0.3, -0.25) is 0 Å². The van der Waals surface area contributed by atoms with Gasteiger partial charge in [-0.15, -0.1) is 11.3 Å². The van der Waals surface area contributed by atoms with Gasteiger partial charge in [0.05, 0.1) is 47.1 Å². The SMILES string of the molecule is COc1cc(P(=O)(C2CC2)C2CC2)ccc1NCC#Cc1sc2c(N[C@@H]3CCN(C)CC3F)cccc2c1CC(F)(F)F. The van der Waals surface area contributed by atoms with Crippen molar-refractivity contribution in [3.05, 3.63) is 46.8 Å². The number of benzene rings is 2. The first-order valence-corrected chi connectivity index (χ1v) is 17.4. The second-order valence-electron chi connectivity index (χ2n) is 11.9. The highest BCUT2D eigenvalue weighted by atomic mass is 32.1. The molecule has 2 aromatic carbocycles. The number of alkyl halides is 4. The highest BCUT2D eigenvalue weighted by molar-refractivity contribution is 7.73. The number of anilines is 2. The number of ether oxygens (including phenoxy) is 1. The first kappa shape index (κ1) is 30.3. The lowest BCUT2D eigenvalue weighted by Gasteiger charge is -2.33. The van der Waals surface area contributed by atoms with Crippen LogP contribution in [0.3, 0.4) is 0 Å². The predicted octanol–water partition coefficient (Wildman–Crippen LogP) is 7.25. The largest absolute Gasteiger partial charge is 0.495 e. The van der Waals surface area contributed by atoms with Gasteiger partial charge in [-0.2, -0.15) is 13.2 Å². The number of piperidine rings is 1. The second kappa shape index (κ2) is 12.0. The van der Waals surface area contributed by atoms with Crippen LogP contribution in [0.1, 0.15) is 42.5 Å². The summed E-state index contributed by atoms with van der Waals surface area (Å²) >= 11 is 1.20. The monoisotopic (exact) mass is 633 g/mol. The number of hydrogen-bond donors (Lipinski definition) is 2. The zero-order valence-electron chi connectivity index (χ0n) is 24.3. The van der Waals surface area contributed by atoms with Crippen molar-refractivity contribution in [2.45, 2.75) is 68.2 Å². The minimum absolute atomic E-state index is 0.140. The number of rotatable bonds is 9. The highest BCUT2D eigenvalue weighted by Gasteiger charge is 2.51. The third kappa shape index (κ3) is 6.55. The fraction of sp³-hybridized carbons (Fsp3) is 0.500. The smallest absolute Gasteiger partial charge is 0.393 e. The number of fused-ring (bicyclic) bond motifs is 1. The number of likely N-dealkylation sites (tertiary alicyclic amines) is 1. The summed E-state index contributed by atoms with van der Waals surface area (Å²) in [6, 6.07) is 10.4. The Balaban J connectivity index is 1.23. The quantitative estimate of drug-likeness (QED) is 0.148. The summed E-state index contributed by atoms with van der Waals surface area (Å²) in [6.45, 7) is 1.24. The van der Waals surface area contributed by atoms with Crippen LogP contribution in [0.5, 0.6) is 5.75 Å². The normalized spacial score (nSPS) is 21.3. The predicted molar refractivity (Wildman–Crippen MR) is 168 cm³/mol. The maximum Gasteiger partial charge on any atom is 0.393 e. The zero-order chi connectivity index (χ0) is 30.4. The van der Waals surface area contributed by atoms with Crippen molar-refractivity contribution in [3.63, 3.8) is 0 Å². The third-order valence-corrected chi connectivity index (χ3v) is 14.1. The van der Waals surface area contributed by atoms with Crippen molar-refractivity contribution in [2.75, 3.05) is 44.4 Å². The molecule has 1 saturated heterocycles. The van der Waals surface area contributed by atoms with Crippen molar-refractivity contribution >= 4 is 45.2 Å². The molecule has 2 saturated carbocycles. The van der Waals surface area contributed by atoms with Crippen LogP contribution >= 0.6 is 18.5 Å². The van der Waals surface area contributed by atoms with Gasteiger partial charge in [0.1, 0.15) is 19.1 Å². The Bertz CT molecular complexity index is 1590. The van der Waals surface area contributed by atoms with Crippen molar-refractivity contribution in [1.29, 1.82) is 0 Å². The molecule has 0 bridgehead atoms. The molecule has 3 fully saturated rings. The van der Waals surface area contributed by atoms with E-state index < -0.39 is 32.0 Å². The summed E-state index contributed by atoms with van der Waals surface area (Å²) < 4.78 is 75.8. The summed E-state index contributed by atoms with van der Waals surface area (Å²) in [5.41, 5.74) is 2.05. The van der Waals surface area contributed by atoms with Crippen LogP contribution in [0.15, 0.2) is 36.4 Å². The molecule has 1 aromatic heterocycles. The first-order valence-electron chi connectivity index (χ1n) is 14.8. The van der Waals surface area contributed by atoms with Crippen LogP contribution in [0.4, 0.5) is 28.9 Å². The molecule has 2 heterocycles. The standard InChI is InChI=1S/C32H36F4N3O2PS/c1-39-16-14-26(25(33)19-39)38-28-6-3-5-23-24(18-32(34,35)36)30(43-31(23)28)7-4-15-37-27-13-12-22(17-29(27)41-2)42(40,20-8-9-20)21-10-11-21/h3,5-6,12-13,17,20-21,25-26,37-38H,8-11,14-16,18-19H2,1-2H3/t25?,26-/m1/s1. The van der Waals surface area contributed by atoms with Gasteiger partial charge in [0.15, 0.2) is 0 Å². The van der Waals surface area contributed by atoms with E-state index in [0.717, 1.165) is 37.5 Å². The molecular weight excluding hydrogens is 597 g/mol. The van der Waals surface area contributed by atoms with E-state index in [1.807, 2.05) is 30.1 Å². The average Bonchev–Trinajstić information content (AvgIpc) is 3.89. The molecule has 230 valence electrons. The molecule has 0 amide bonds. The van der Waals surface area contributed by atoms with E-state index in [0.29, 0.717) is 56.4 Å². The van der Waals surface area contributed by atoms with Crippen LogP contribution in [-0.2, 0) is 11.0 Å². The van der Waals surface area contributed by atoms with Gasteiger partial charge < -0.3 is 24.8 Å². The van der Waals surface area contributed by atoms with Crippen molar-refractivity contribution in [2.24, 2.45) is 0 Å². The molecule has 3 aliphatic rings. The Hall–Kier alpha value is -2.73. The number of methoxy groups -OCH3 is 1. The molecule has 2 atom stereocenters. The average molecular weight is 634 g/mol. The number of thiophene rings is 1. The molecule has 43 heavy (non-hydrogen) atoms. The fourth-order valence-corrected chi connectivity index (χ4v) is 11.2. The van der Waals surface area contributed by atoms with Gasteiger partial charge in [-0.25, -0.2) is 4.39 Å². The van der Waals surface area contributed by atoms with Gasteiger partial charge in [0.2, 0.25) is 0 Å². The van der Waals surface area contributed by atoms with Gasteiger partial charge in [-0.1, -0.05) is 24.0 Å². The van der Waals surface area contributed by atoms with Gasteiger partial charge >= 0.3 is 6.18 Å². The minimum atomic E-state index is -4.40. The molecule has 3 aromatic rings. The fourth-order valence-electron chi connectivity index (χ4n) is 6.12. The molecule has 1 aliphatic heterocycles. The van der Waals surface area contributed by atoms with E-state index in [-0.39, 0.29) is 12.1 Å². The second-order valence-corrected chi connectivity index (χ2v) is 16.3. The lowest BCUT2D eigenvalue weighted by molar-refractivity contribution is -0.126. The Labute approximate surface area is 253 Å². The Morgan fingerprint density at radius 2 is 1.84 bits per heavy atom. The number of nitrogens with zero attached hydrogens (tertiary/aromatic N) is 1. The first-order chi connectivity index (χ1) is 20.6. The van der Waals surface area contributed by atoms with E-state index in [1.54, 1.807) is 25.3 Å². The van der Waals surface area contributed by atoms with Crippen molar-refractivity contribution in [1.82, 2.24) is 4.90 Å². The van der Waals surface area contributed by atoms with E-state index in [2.05, 4.69) is 22.5 Å². The topological polar surface area (TPSA) is 53.6 Å². The molecule has 0 radical (unpaired) electrons. The highest BCUT2D eigenvalue weighted by Crippen LogP contribution is 2.69. The van der Waals surface area contributed by atoms with Crippen molar-refractivity contribution in [3.8, 4) is 17.6 Å². The number of nitrogens with one attached hydrogen (secondary N) is 2. The summed E-state index contributed by atoms with van der Waals surface area (Å²) in [5, 5.41) is 7.84. The maximum absolute atomic E-state index is 14.7. The van der Waals surface area contributed by atoms with Crippen LogP contribution < -0.4 is 20.7 Å². The lowest BCUT2D eigenvalue weighted by Crippen LogP contribution is -2.46. The summed E-state index contributed by atoms with van der Waals surface area (Å²) in [6.07, 6.45) is -1.88. The van der Waals surface area contributed by atoms with Crippen LogP contribution in [0, 0.1) is 11.8 Å². The minimum Gasteiger partial charge on any atom is -0.495 e. The maximum atomic E-state index is 14.7. The van der Waals surface area contributed by atoms with E-state index in [9.17, 15) is 22.1 Å². The van der Waals surface area contributed by atoms with Gasteiger partial charge in [0.25, 0.3) is 0 Å². The molecule has 1 unspecified atom stereocenters. The molecule has 11 heteroatoms. The van der Waals surface area contributed by atoms with Crippen LogP contribution in [0.25, 0.3) is 10.1 Å². The van der Waals surface area contributed by atoms with Crippen LogP contribution in [-0.4, -0.2) is 68.4 Å². The Morgan fingerprint density at radius 1 is 1.09 bits per heavy atom. The summed E-state index contributed by atoms with van der Waals surface area (Å²) in [7, 11) is 1.00. The Kier molecular flexibility index (Phi) is 8.45. The summed E-state index contributed by atoms with van der Waals surface area (Å²) in [4.78, 5) is 2.28. The van der Waals surface area contributed by atoms with Gasteiger partial charge in [0, 0.05) is 29.7 Å². The third-order valence-electron chi connectivity index (χ3n) is 8.62.